The van der Waals surface area contributed by atoms with Crippen LogP contribution in [0.4, 0.5) is 0 Å². The second-order valence-corrected chi connectivity index (χ2v) is 1.88. The lowest BCUT2D eigenvalue weighted by Gasteiger charge is -2.10. The maximum atomic E-state index is 3.74. The molecule has 2 heteroatoms. The summed E-state index contributed by atoms with van der Waals surface area (Å²) >= 11 is 0. The van der Waals surface area contributed by atoms with Crippen molar-refractivity contribution >= 4 is 6.72 Å². The van der Waals surface area contributed by atoms with Crippen LogP contribution in [0.2, 0.25) is 0 Å². The molecule has 0 N–H and O–H groups in total. The largest absolute Gasteiger partial charge is 0.378 e. The molecule has 0 fully saturated rings. The number of aliphatic imine (C=N–C) groups is 1. The summed E-state index contributed by atoms with van der Waals surface area (Å²) in [6, 6.07) is 0. The Morgan fingerprint density at radius 1 is 1.56 bits per heavy atom. The second-order valence-electron chi connectivity index (χ2n) is 1.88. The van der Waals surface area contributed by atoms with Crippen molar-refractivity contribution in [2.24, 2.45) is 4.99 Å². The lowest BCUT2D eigenvalue weighted by molar-refractivity contribution is 0.532. The highest BCUT2D eigenvalue weighted by Gasteiger charge is 1.85. The van der Waals surface area contributed by atoms with Gasteiger partial charge in [0.05, 0.1) is 0 Å². The molecule has 0 atom stereocenters. The average molecular weight is 124 g/mol. The van der Waals surface area contributed by atoms with Crippen LogP contribution in [0.25, 0.3) is 0 Å². The molecule has 0 aromatic rings. The van der Waals surface area contributed by atoms with Crippen molar-refractivity contribution in [3.8, 4) is 0 Å². The van der Waals surface area contributed by atoms with E-state index in [2.05, 4.69) is 18.3 Å². The number of hydrogen-bond donors (Lipinski definition) is 0. The SMILES string of the molecule is C=N/C=C\C(=C)N(C)C. The van der Waals surface area contributed by atoms with E-state index < -0.39 is 0 Å². The van der Waals surface area contributed by atoms with Gasteiger partial charge in [-0.15, -0.1) is 0 Å². The Kier molecular flexibility index (Phi) is 3.44. The standard InChI is InChI=1S/C7H12N2/c1-7(9(3)4)5-6-8-2/h5-6H,1-2H2,3-4H3/b6-5-. The Bertz CT molecular complexity index is 134. The highest BCUT2D eigenvalue weighted by molar-refractivity contribution is 5.26. The summed E-state index contributed by atoms with van der Waals surface area (Å²) in [5.74, 6) is 0. The summed E-state index contributed by atoms with van der Waals surface area (Å²) in [6.07, 6.45) is 3.41. The van der Waals surface area contributed by atoms with Gasteiger partial charge in [-0.25, -0.2) is 0 Å². The van der Waals surface area contributed by atoms with Crippen molar-refractivity contribution in [1.82, 2.24) is 4.90 Å². The predicted molar refractivity (Wildman–Crippen MR) is 41.5 cm³/mol. The Morgan fingerprint density at radius 2 is 2.11 bits per heavy atom. The third-order valence-corrected chi connectivity index (χ3v) is 0.947. The van der Waals surface area contributed by atoms with Gasteiger partial charge in [-0.05, 0) is 12.8 Å². The molecule has 2 nitrogen and oxygen atoms in total. The zero-order chi connectivity index (χ0) is 7.28. The fraction of sp³-hybridized carbons (Fsp3) is 0.286. The average Bonchev–Trinajstić information content (AvgIpc) is 1.82. The molecule has 0 aliphatic carbocycles. The zero-order valence-corrected chi connectivity index (χ0v) is 5.96. The fourth-order valence-corrected chi connectivity index (χ4v) is 0.288. The highest BCUT2D eigenvalue weighted by Crippen LogP contribution is 1.94. The van der Waals surface area contributed by atoms with Gasteiger partial charge in [-0.2, -0.15) is 0 Å². The summed E-state index contributed by atoms with van der Waals surface area (Å²) in [5, 5.41) is 0. The molecule has 0 saturated carbocycles. The minimum atomic E-state index is 0.919. The van der Waals surface area contributed by atoms with Gasteiger partial charge in [-0.3, -0.25) is 4.99 Å². The summed E-state index contributed by atoms with van der Waals surface area (Å²) in [5.41, 5.74) is 0.919. The van der Waals surface area contributed by atoms with Gasteiger partial charge in [0.25, 0.3) is 0 Å². The molecule has 0 unspecified atom stereocenters. The van der Waals surface area contributed by atoms with Crippen LogP contribution in [-0.4, -0.2) is 25.7 Å². The maximum Gasteiger partial charge on any atom is 0.0303 e. The quantitative estimate of drug-likeness (QED) is 0.408. The lowest BCUT2D eigenvalue weighted by atomic mass is 10.4. The summed E-state index contributed by atoms with van der Waals surface area (Å²) < 4.78 is 0. The minimum absolute atomic E-state index is 0.919. The summed E-state index contributed by atoms with van der Waals surface area (Å²) in [4.78, 5) is 5.44. The van der Waals surface area contributed by atoms with E-state index in [1.165, 1.54) is 0 Å². The van der Waals surface area contributed by atoms with Crippen LogP contribution in [0.3, 0.4) is 0 Å². The monoisotopic (exact) mass is 124 g/mol. The van der Waals surface area contributed by atoms with Crippen molar-refractivity contribution in [3.63, 3.8) is 0 Å². The van der Waals surface area contributed by atoms with E-state index in [1.807, 2.05) is 19.0 Å². The summed E-state index contributed by atoms with van der Waals surface area (Å²) in [6.45, 7) is 7.04. The molecular formula is C7H12N2. The molecule has 0 aliphatic heterocycles. The van der Waals surface area contributed by atoms with E-state index in [1.54, 1.807) is 12.3 Å². The van der Waals surface area contributed by atoms with Crippen molar-refractivity contribution in [1.29, 1.82) is 0 Å². The van der Waals surface area contributed by atoms with Crippen LogP contribution in [-0.2, 0) is 0 Å². The molecule has 9 heavy (non-hydrogen) atoms. The van der Waals surface area contributed by atoms with Crippen LogP contribution in [0.5, 0.6) is 0 Å². The molecule has 0 aromatic heterocycles. The Morgan fingerprint density at radius 3 is 2.44 bits per heavy atom. The molecule has 0 amide bonds. The van der Waals surface area contributed by atoms with E-state index >= 15 is 0 Å². The number of likely N-dealkylation sites (N-methyl/N-ethyl adjacent to an activating group) is 1. The van der Waals surface area contributed by atoms with Crippen LogP contribution in [0, 0.1) is 0 Å². The van der Waals surface area contributed by atoms with Crippen LogP contribution in [0.1, 0.15) is 0 Å². The maximum absolute atomic E-state index is 3.74. The molecule has 0 bridgehead atoms. The number of hydrogen-bond acceptors (Lipinski definition) is 2. The molecule has 0 rings (SSSR count). The molecular weight excluding hydrogens is 112 g/mol. The van der Waals surface area contributed by atoms with Crippen LogP contribution in [0.15, 0.2) is 29.5 Å². The van der Waals surface area contributed by atoms with Crippen LogP contribution < -0.4 is 0 Å². The summed E-state index contributed by atoms with van der Waals surface area (Å²) in [7, 11) is 3.85. The molecule has 0 aromatic carbocycles. The van der Waals surface area contributed by atoms with Gasteiger partial charge in [0.2, 0.25) is 0 Å². The van der Waals surface area contributed by atoms with Gasteiger partial charge < -0.3 is 4.90 Å². The topological polar surface area (TPSA) is 15.6 Å². The van der Waals surface area contributed by atoms with Crippen LogP contribution >= 0.6 is 0 Å². The first-order valence-corrected chi connectivity index (χ1v) is 2.67. The van der Waals surface area contributed by atoms with Crippen molar-refractivity contribution in [2.45, 2.75) is 0 Å². The second kappa shape index (κ2) is 3.89. The van der Waals surface area contributed by atoms with E-state index in [0.717, 1.165) is 5.70 Å². The van der Waals surface area contributed by atoms with Gasteiger partial charge >= 0.3 is 0 Å². The molecule has 0 heterocycles. The molecule has 50 valence electrons. The predicted octanol–water partition coefficient (Wildman–Crippen LogP) is 1.28. The zero-order valence-electron chi connectivity index (χ0n) is 5.96. The van der Waals surface area contributed by atoms with E-state index in [4.69, 9.17) is 0 Å². The third-order valence-electron chi connectivity index (χ3n) is 0.947. The first-order chi connectivity index (χ1) is 4.18. The van der Waals surface area contributed by atoms with E-state index in [9.17, 15) is 0 Å². The normalized spacial score (nSPS) is 9.56. The van der Waals surface area contributed by atoms with E-state index in [0.29, 0.717) is 0 Å². The highest BCUT2D eigenvalue weighted by atomic mass is 15.1. The molecule has 0 radical (unpaired) electrons. The Hall–Kier alpha value is -1.05. The lowest BCUT2D eigenvalue weighted by Crippen LogP contribution is -2.07. The van der Waals surface area contributed by atoms with Gasteiger partial charge in [0, 0.05) is 26.0 Å². The molecule has 0 saturated heterocycles. The van der Waals surface area contributed by atoms with Gasteiger partial charge in [0.15, 0.2) is 0 Å². The van der Waals surface area contributed by atoms with Gasteiger partial charge in [-0.1, -0.05) is 6.58 Å². The van der Waals surface area contributed by atoms with E-state index in [-0.39, 0.29) is 0 Å². The van der Waals surface area contributed by atoms with Crippen molar-refractivity contribution in [3.05, 3.63) is 24.6 Å². The van der Waals surface area contributed by atoms with Gasteiger partial charge in [0.1, 0.15) is 0 Å². The number of allylic oxidation sites excluding steroid dienone is 1. The number of nitrogens with zero attached hydrogens (tertiary/aromatic N) is 2. The van der Waals surface area contributed by atoms with Crippen molar-refractivity contribution < 1.29 is 0 Å². The smallest absolute Gasteiger partial charge is 0.0303 e. The molecule has 0 aliphatic rings. The third kappa shape index (κ3) is 3.53. The minimum Gasteiger partial charge on any atom is -0.378 e. The fourth-order valence-electron chi connectivity index (χ4n) is 0.288. The van der Waals surface area contributed by atoms with Crippen molar-refractivity contribution in [2.75, 3.05) is 14.1 Å². The first kappa shape index (κ1) is 7.95. The molecule has 0 spiro atoms. The Labute approximate surface area is 56.2 Å². The number of rotatable bonds is 3. The first-order valence-electron chi connectivity index (χ1n) is 2.67. The Balaban J connectivity index is 3.76.